The average Bonchev–Trinajstić information content (AvgIpc) is 3.23. The zero-order valence-electron chi connectivity index (χ0n) is 19.6. The second-order valence-corrected chi connectivity index (χ2v) is 9.23. The fourth-order valence-electron chi connectivity index (χ4n) is 4.97. The Balaban J connectivity index is 1.44. The van der Waals surface area contributed by atoms with Gasteiger partial charge in [0.1, 0.15) is 0 Å². The number of unbranched alkanes of at least 4 members (excludes halogenated alkanes) is 2. The van der Waals surface area contributed by atoms with Crippen LogP contribution in [0.2, 0.25) is 0 Å². The number of likely N-dealkylation sites (tertiary alicyclic amines) is 1. The Morgan fingerprint density at radius 3 is 2.69 bits per heavy atom. The van der Waals surface area contributed by atoms with Crippen molar-refractivity contribution in [1.29, 1.82) is 0 Å². The highest BCUT2D eigenvalue weighted by Gasteiger charge is 2.22. The van der Waals surface area contributed by atoms with Crippen LogP contribution in [0.4, 0.5) is 5.69 Å². The molecule has 4 nitrogen and oxygen atoms in total. The van der Waals surface area contributed by atoms with Crippen molar-refractivity contribution in [2.75, 3.05) is 25.0 Å². The van der Waals surface area contributed by atoms with E-state index in [9.17, 15) is 4.79 Å². The van der Waals surface area contributed by atoms with Crippen LogP contribution in [0.1, 0.15) is 79.8 Å². The largest absolute Gasteiger partial charge is 0.361 e. The van der Waals surface area contributed by atoms with Crippen LogP contribution in [0.3, 0.4) is 0 Å². The van der Waals surface area contributed by atoms with Gasteiger partial charge in [-0.1, -0.05) is 45.2 Å². The van der Waals surface area contributed by atoms with E-state index in [1.165, 1.54) is 68.3 Å². The van der Waals surface area contributed by atoms with Crippen LogP contribution < -0.4 is 5.32 Å². The number of carbonyl (C=O) groups is 1. The number of aryl methyl sites for hydroxylation is 1. The first-order chi connectivity index (χ1) is 15.7. The third-order valence-electron chi connectivity index (χ3n) is 6.80. The summed E-state index contributed by atoms with van der Waals surface area (Å²) in [5.41, 5.74) is 5.34. The Labute approximate surface area is 192 Å². The van der Waals surface area contributed by atoms with Gasteiger partial charge in [0.15, 0.2) is 0 Å². The van der Waals surface area contributed by atoms with Gasteiger partial charge in [-0.25, -0.2) is 0 Å². The quantitative estimate of drug-likeness (QED) is 0.368. The molecule has 0 saturated carbocycles. The predicted octanol–water partition coefficient (Wildman–Crippen LogP) is 6.74. The van der Waals surface area contributed by atoms with Crippen molar-refractivity contribution < 1.29 is 4.79 Å². The maximum atomic E-state index is 12.9. The normalized spacial score (nSPS) is 15.3. The molecular formula is C28H37N3O. The molecule has 1 aliphatic rings. The summed E-state index contributed by atoms with van der Waals surface area (Å²) in [4.78, 5) is 18.9. The standard InChI is InChI=1S/C28H37N3O/c1-3-5-6-15-31-16-13-22(14-17-31)26-20-29-27-12-11-24(19-25(26)27)30-28(32)23-10-7-9-21(18-23)8-4-2/h7,9-12,18-20,22,29H,3-6,8,13-17H2,1-2H3,(H,30,32). The molecule has 3 aromatic rings. The fraction of sp³-hybridized carbons (Fsp3) is 0.464. The number of anilines is 1. The summed E-state index contributed by atoms with van der Waals surface area (Å²) in [6.07, 6.45) is 10.6. The van der Waals surface area contributed by atoms with Gasteiger partial charge < -0.3 is 15.2 Å². The number of aromatic amines is 1. The minimum absolute atomic E-state index is 0.0419. The zero-order chi connectivity index (χ0) is 22.3. The van der Waals surface area contributed by atoms with Gasteiger partial charge in [0.25, 0.3) is 5.91 Å². The summed E-state index contributed by atoms with van der Waals surface area (Å²) in [5, 5.41) is 4.36. The molecule has 0 atom stereocenters. The lowest BCUT2D eigenvalue weighted by Crippen LogP contribution is -2.33. The molecule has 2 aromatic carbocycles. The number of piperidine rings is 1. The number of nitrogens with one attached hydrogen (secondary N) is 2. The molecule has 1 aliphatic heterocycles. The van der Waals surface area contributed by atoms with Crippen LogP contribution in [0.25, 0.3) is 10.9 Å². The van der Waals surface area contributed by atoms with Crippen LogP contribution >= 0.6 is 0 Å². The molecule has 0 aliphatic carbocycles. The van der Waals surface area contributed by atoms with E-state index < -0.39 is 0 Å². The Kier molecular flexibility index (Phi) is 7.64. The van der Waals surface area contributed by atoms with Crippen molar-refractivity contribution in [2.45, 2.75) is 64.7 Å². The lowest BCUT2D eigenvalue weighted by Gasteiger charge is -2.32. The number of hydrogen-bond acceptors (Lipinski definition) is 2. The van der Waals surface area contributed by atoms with Gasteiger partial charge in [-0.3, -0.25) is 4.79 Å². The smallest absolute Gasteiger partial charge is 0.255 e. The Hall–Kier alpha value is -2.59. The number of fused-ring (bicyclic) bond motifs is 1. The first kappa shape index (κ1) is 22.6. The second kappa shape index (κ2) is 10.8. The third kappa shape index (κ3) is 5.42. The first-order valence-corrected chi connectivity index (χ1v) is 12.4. The Bertz CT molecular complexity index is 1030. The molecule has 1 fully saturated rings. The zero-order valence-corrected chi connectivity index (χ0v) is 19.6. The van der Waals surface area contributed by atoms with Crippen molar-refractivity contribution in [1.82, 2.24) is 9.88 Å². The molecule has 4 rings (SSSR count). The molecule has 1 saturated heterocycles. The van der Waals surface area contributed by atoms with Gasteiger partial charge in [-0.05, 0) is 92.7 Å². The second-order valence-electron chi connectivity index (χ2n) is 9.23. The highest BCUT2D eigenvalue weighted by molar-refractivity contribution is 6.05. The summed E-state index contributed by atoms with van der Waals surface area (Å²) < 4.78 is 0. The van der Waals surface area contributed by atoms with E-state index in [1.54, 1.807) is 0 Å². The van der Waals surface area contributed by atoms with E-state index in [1.807, 2.05) is 24.3 Å². The average molecular weight is 432 g/mol. The fourth-order valence-corrected chi connectivity index (χ4v) is 4.97. The lowest BCUT2D eigenvalue weighted by atomic mass is 9.89. The van der Waals surface area contributed by atoms with E-state index in [-0.39, 0.29) is 5.91 Å². The number of H-pyrrole nitrogens is 1. The van der Waals surface area contributed by atoms with Crippen LogP contribution in [0.15, 0.2) is 48.7 Å². The Morgan fingerprint density at radius 1 is 1.06 bits per heavy atom. The lowest BCUT2D eigenvalue weighted by molar-refractivity contribution is 0.102. The van der Waals surface area contributed by atoms with Crippen molar-refractivity contribution in [3.63, 3.8) is 0 Å². The van der Waals surface area contributed by atoms with Gasteiger partial charge >= 0.3 is 0 Å². The molecule has 1 amide bonds. The maximum Gasteiger partial charge on any atom is 0.255 e. The van der Waals surface area contributed by atoms with Crippen LogP contribution in [0, 0.1) is 0 Å². The van der Waals surface area contributed by atoms with Crippen LogP contribution in [0.5, 0.6) is 0 Å². The summed E-state index contributed by atoms with van der Waals surface area (Å²) in [5.74, 6) is 0.544. The van der Waals surface area contributed by atoms with Crippen molar-refractivity contribution in [3.05, 3.63) is 65.4 Å². The van der Waals surface area contributed by atoms with Gasteiger partial charge in [0.2, 0.25) is 0 Å². The third-order valence-corrected chi connectivity index (χ3v) is 6.80. The first-order valence-electron chi connectivity index (χ1n) is 12.4. The number of amides is 1. The number of nitrogens with zero attached hydrogens (tertiary/aromatic N) is 1. The molecule has 1 aromatic heterocycles. The molecule has 32 heavy (non-hydrogen) atoms. The number of benzene rings is 2. The highest BCUT2D eigenvalue weighted by Crippen LogP contribution is 2.34. The molecule has 0 bridgehead atoms. The van der Waals surface area contributed by atoms with E-state index in [4.69, 9.17) is 0 Å². The van der Waals surface area contributed by atoms with E-state index in [0.717, 1.165) is 29.6 Å². The molecule has 4 heteroatoms. The molecule has 0 spiro atoms. The number of rotatable bonds is 9. The maximum absolute atomic E-state index is 12.9. The topological polar surface area (TPSA) is 48.1 Å². The Morgan fingerprint density at radius 2 is 1.91 bits per heavy atom. The van der Waals surface area contributed by atoms with Crippen molar-refractivity contribution in [2.24, 2.45) is 0 Å². The summed E-state index contributed by atoms with van der Waals surface area (Å²) in [6, 6.07) is 14.2. The van der Waals surface area contributed by atoms with Crippen LogP contribution in [-0.4, -0.2) is 35.4 Å². The minimum atomic E-state index is -0.0419. The molecule has 170 valence electrons. The van der Waals surface area contributed by atoms with E-state index in [2.05, 4.69) is 53.4 Å². The van der Waals surface area contributed by atoms with Gasteiger partial charge in [-0.15, -0.1) is 0 Å². The van der Waals surface area contributed by atoms with Crippen LogP contribution in [-0.2, 0) is 6.42 Å². The molecule has 2 heterocycles. The highest BCUT2D eigenvalue weighted by atomic mass is 16.1. The predicted molar refractivity (Wildman–Crippen MR) is 135 cm³/mol. The van der Waals surface area contributed by atoms with E-state index in [0.29, 0.717) is 5.92 Å². The molecule has 0 unspecified atom stereocenters. The summed E-state index contributed by atoms with van der Waals surface area (Å²) in [7, 11) is 0. The number of aromatic nitrogens is 1. The van der Waals surface area contributed by atoms with Crippen molar-refractivity contribution in [3.8, 4) is 0 Å². The molecular weight excluding hydrogens is 394 g/mol. The van der Waals surface area contributed by atoms with Gasteiger partial charge in [0.05, 0.1) is 0 Å². The number of carbonyl (C=O) groups excluding carboxylic acids is 1. The summed E-state index contributed by atoms with van der Waals surface area (Å²) >= 11 is 0. The number of hydrogen-bond donors (Lipinski definition) is 2. The van der Waals surface area contributed by atoms with Crippen molar-refractivity contribution >= 4 is 22.5 Å². The van der Waals surface area contributed by atoms with Gasteiger partial charge in [-0.2, -0.15) is 0 Å². The minimum Gasteiger partial charge on any atom is -0.361 e. The monoisotopic (exact) mass is 431 g/mol. The molecule has 2 N–H and O–H groups in total. The van der Waals surface area contributed by atoms with E-state index >= 15 is 0 Å². The SMILES string of the molecule is CCCCCN1CCC(c2c[nH]c3ccc(NC(=O)c4cccc(CCC)c4)cc23)CC1. The molecule has 0 radical (unpaired) electrons. The summed E-state index contributed by atoms with van der Waals surface area (Å²) in [6.45, 7) is 8.04. The van der Waals surface area contributed by atoms with Gasteiger partial charge in [0, 0.05) is 28.4 Å².